The standard InChI is InChI=1S/C20H19N3O4/c21-12-16(20(26)27-23-17(24)5-6-18(23)25)11-13-9-14-3-1-7-22-8-2-4-15(10-13)19(14)22/h9-11H,1-8H2/b16-11-. The molecule has 4 rings (SSSR count). The van der Waals surface area contributed by atoms with Gasteiger partial charge in [-0.2, -0.15) is 5.26 Å². The third kappa shape index (κ3) is 3.19. The summed E-state index contributed by atoms with van der Waals surface area (Å²) < 4.78 is 0. The van der Waals surface area contributed by atoms with Crippen molar-refractivity contribution >= 4 is 29.5 Å². The monoisotopic (exact) mass is 365 g/mol. The van der Waals surface area contributed by atoms with Crippen molar-refractivity contribution in [2.45, 2.75) is 38.5 Å². The fraction of sp³-hybridized carbons (Fsp3) is 0.400. The predicted octanol–water partition coefficient (Wildman–Crippen LogP) is 1.90. The van der Waals surface area contributed by atoms with Gasteiger partial charge in [-0.25, -0.2) is 4.79 Å². The van der Waals surface area contributed by atoms with Crippen LogP contribution in [0, 0.1) is 11.3 Å². The normalized spacial score (nSPS) is 19.0. The Bertz CT molecular complexity index is 865. The number of carbonyl (C=O) groups is 3. The van der Waals surface area contributed by atoms with E-state index in [-0.39, 0.29) is 18.4 Å². The highest BCUT2D eigenvalue weighted by Gasteiger charge is 2.33. The minimum Gasteiger partial charge on any atom is -0.371 e. The van der Waals surface area contributed by atoms with E-state index in [0.717, 1.165) is 44.3 Å². The molecule has 0 bridgehead atoms. The number of rotatable bonds is 3. The van der Waals surface area contributed by atoms with Crippen LogP contribution in [0.1, 0.15) is 42.4 Å². The van der Waals surface area contributed by atoms with Gasteiger partial charge in [0.05, 0.1) is 0 Å². The maximum Gasteiger partial charge on any atom is 0.374 e. The third-order valence-corrected chi connectivity index (χ3v) is 5.19. The van der Waals surface area contributed by atoms with Gasteiger partial charge in [0.15, 0.2) is 0 Å². The molecule has 1 fully saturated rings. The Kier molecular flexibility index (Phi) is 4.40. The highest BCUT2D eigenvalue weighted by atomic mass is 16.7. The largest absolute Gasteiger partial charge is 0.374 e. The molecule has 0 saturated carbocycles. The molecule has 0 radical (unpaired) electrons. The second-order valence-corrected chi connectivity index (χ2v) is 7.01. The molecule has 1 saturated heterocycles. The zero-order chi connectivity index (χ0) is 19.0. The van der Waals surface area contributed by atoms with Gasteiger partial charge in [-0.15, -0.1) is 5.06 Å². The molecule has 27 heavy (non-hydrogen) atoms. The lowest BCUT2D eigenvalue weighted by atomic mass is 9.90. The molecule has 3 aliphatic rings. The number of hydrogen-bond acceptors (Lipinski definition) is 6. The summed E-state index contributed by atoms with van der Waals surface area (Å²) in [6.07, 6.45) is 5.63. The summed E-state index contributed by atoms with van der Waals surface area (Å²) in [5, 5.41) is 9.83. The summed E-state index contributed by atoms with van der Waals surface area (Å²) in [4.78, 5) is 42.7. The minimum absolute atomic E-state index is 0.0163. The zero-order valence-corrected chi connectivity index (χ0v) is 14.9. The number of hydroxylamine groups is 2. The fourth-order valence-electron chi connectivity index (χ4n) is 4.01. The van der Waals surface area contributed by atoms with Crippen LogP contribution < -0.4 is 4.90 Å². The second kappa shape index (κ2) is 6.88. The highest BCUT2D eigenvalue weighted by Crippen LogP contribution is 2.36. The van der Waals surface area contributed by atoms with Crippen LogP contribution in [0.2, 0.25) is 0 Å². The summed E-state index contributed by atoms with van der Waals surface area (Å²) in [5.41, 5.74) is 4.30. The van der Waals surface area contributed by atoms with Crippen LogP contribution in [0.3, 0.4) is 0 Å². The summed E-state index contributed by atoms with van der Waals surface area (Å²) in [7, 11) is 0. The average Bonchev–Trinajstić information content (AvgIpc) is 2.98. The van der Waals surface area contributed by atoms with Gasteiger partial charge in [-0.05, 0) is 60.6 Å². The molecule has 2 amide bonds. The van der Waals surface area contributed by atoms with Crippen molar-refractivity contribution in [3.8, 4) is 6.07 Å². The lowest BCUT2D eigenvalue weighted by Crippen LogP contribution is -2.34. The smallest absolute Gasteiger partial charge is 0.371 e. The van der Waals surface area contributed by atoms with Gasteiger partial charge < -0.3 is 9.74 Å². The van der Waals surface area contributed by atoms with E-state index in [1.807, 2.05) is 18.2 Å². The summed E-state index contributed by atoms with van der Waals surface area (Å²) in [6, 6.07) is 5.84. The van der Waals surface area contributed by atoms with Gasteiger partial charge in [0.1, 0.15) is 11.6 Å². The number of benzene rings is 1. The van der Waals surface area contributed by atoms with Crippen LogP contribution in [-0.4, -0.2) is 35.9 Å². The minimum atomic E-state index is -0.992. The SMILES string of the molecule is N#C/C(=C/c1cc2c3c(c1)CCCN3CCC2)C(=O)ON1C(=O)CCC1=O. The van der Waals surface area contributed by atoms with Crippen molar-refractivity contribution in [3.05, 3.63) is 34.4 Å². The van der Waals surface area contributed by atoms with Gasteiger partial charge in [0.25, 0.3) is 11.8 Å². The molecule has 0 N–H and O–H groups in total. The van der Waals surface area contributed by atoms with Crippen LogP contribution >= 0.6 is 0 Å². The molecule has 3 aliphatic heterocycles. The topological polar surface area (TPSA) is 90.7 Å². The number of anilines is 1. The molecule has 1 aromatic carbocycles. The summed E-state index contributed by atoms with van der Waals surface area (Å²) >= 11 is 0. The molecule has 3 heterocycles. The number of nitriles is 1. The Balaban J connectivity index is 1.61. The number of nitrogens with zero attached hydrogens (tertiary/aromatic N) is 3. The van der Waals surface area contributed by atoms with E-state index in [2.05, 4.69) is 4.90 Å². The molecule has 0 aliphatic carbocycles. The van der Waals surface area contributed by atoms with E-state index in [9.17, 15) is 19.6 Å². The van der Waals surface area contributed by atoms with Crippen LogP contribution in [-0.2, 0) is 32.1 Å². The van der Waals surface area contributed by atoms with Gasteiger partial charge in [-0.3, -0.25) is 9.59 Å². The first kappa shape index (κ1) is 17.3. The molecule has 0 spiro atoms. The molecule has 0 unspecified atom stereocenters. The van der Waals surface area contributed by atoms with Crippen LogP contribution in [0.25, 0.3) is 6.08 Å². The van der Waals surface area contributed by atoms with Crippen LogP contribution in [0.4, 0.5) is 5.69 Å². The predicted molar refractivity (Wildman–Crippen MR) is 96.1 cm³/mol. The maximum atomic E-state index is 12.3. The van der Waals surface area contributed by atoms with Crippen LogP contribution in [0.15, 0.2) is 17.7 Å². The van der Waals surface area contributed by atoms with Gasteiger partial charge in [0, 0.05) is 31.6 Å². The number of hydrogen-bond donors (Lipinski definition) is 0. The Morgan fingerprint density at radius 2 is 1.63 bits per heavy atom. The Morgan fingerprint density at radius 3 is 2.19 bits per heavy atom. The van der Waals surface area contributed by atoms with E-state index >= 15 is 0 Å². The van der Waals surface area contributed by atoms with Gasteiger partial charge in [-0.1, -0.05) is 0 Å². The molecule has 1 aromatic rings. The van der Waals surface area contributed by atoms with Crippen molar-refractivity contribution in [2.24, 2.45) is 0 Å². The van der Waals surface area contributed by atoms with E-state index in [1.165, 1.54) is 22.9 Å². The number of carbonyl (C=O) groups excluding carboxylic acids is 3. The number of aryl methyl sites for hydroxylation is 2. The van der Waals surface area contributed by atoms with Crippen molar-refractivity contribution in [2.75, 3.05) is 18.0 Å². The third-order valence-electron chi connectivity index (χ3n) is 5.19. The zero-order valence-electron chi connectivity index (χ0n) is 14.9. The Hall–Kier alpha value is -3.14. The summed E-state index contributed by atoms with van der Waals surface area (Å²) in [6.45, 7) is 2.14. The number of imide groups is 1. The lowest BCUT2D eigenvalue weighted by molar-refractivity contribution is -0.194. The quantitative estimate of drug-likeness (QED) is 0.462. The second-order valence-electron chi connectivity index (χ2n) is 7.01. The van der Waals surface area contributed by atoms with Gasteiger partial charge in [0.2, 0.25) is 0 Å². The molecular weight excluding hydrogens is 346 g/mol. The fourth-order valence-corrected chi connectivity index (χ4v) is 4.01. The van der Waals surface area contributed by atoms with Gasteiger partial charge >= 0.3 is 5.97 Å². The van der Waals surface area contributed by atoms with Crippen molar-refractivity contribution < 1.29 is 19.2 Å². The maximum absolute atomic E-state index is 12.3. The molecule has 7 heteroatoms. The van der Waals surface area contributed by atoms with E-state index in [1.54, 1.807) is 0 Å². The molecule has 138 valence electrons. The van der Waals surface area contributed by atoms with E-state index in [0.29, 0.717) is 5.06 Å². The average molecular weight is 365 g/mol. The summed E-state index contributed by atoms with van der Waals surface area (Å²) in [5.74, 6) is -2.12. The lowest BCUT2D eigenvalue weighted by Gasteiger charge is -2.37. The highest BCUT2D eigenvalue weighted by molar-refractivity contribution is 6.04. The Labute approximate surface area is 156 Å². The van der Waals surface area contributed by atoms with Crippen molar-refractivity contribution in [1.29, 1.82) is 5.26 Å². The first-order valence-electron chi connectivity index (χ1n) is 9.17. The molecule has 7 nitrogen and oxygen atoms in total. The van der Waals surface area contributed by atoms with E-state index < -0.39 is 17.8 Å². The Morgan fingerprint density at radius 1 is 1.04 bits per heavy atom. The van der Waals surface area contributed by atoms with Crippen molar-refractivity contribution in [3.63, 3.8) is 0 Å². The first-order valence-corrected chi connectivity index (χ1v) is 9.17. The number of amides is 2. The van der Waals surface area contributed by atoms with Crippen LogP contribution in [0.5, 0.6) is 0 Å². The van der Waals surface area contributed by atoms with Crippen molar-refractivity contribution in [1.82, 2.24) is 5.06 Å². The molecule has 0 aromatic heterocycles. The van der Waals surface area contributed by atoms with E-state index in [4.69, 9.17) is 4.84 Å². The molecular formula is C20H19N3O4. The first-order chi connectivity index (χ1) is 13.1. The molecule has 0 atom stereocenters.